The van der Waals surface area contributed by atoms with Gasteiger partial charge in [0.1, 0.15) is 25.6 Å². The van der Waals surface area contributed by atoms with E-state index < -0.39 is 33.1 Å². The van der Waals surface area contributed by atoms with Crippen LogP contribution in [0.25, 0.3) is 11.1 Å². The van der Waals surface area contributed by atoms with Crippen LogP contribution in [0.15, 0.2) is 52.7 Å². The minimum atomic E-state index is -4.66. The zero-order chi connectivity index (χ0) is 25.4. The van der Waals surface area contributed by atoms with Gasteiger partial charge in [-0.15, -0.1) is 11.3 Å². The standard InChI is InChI=1S/C23H22ClF3N2O4S2/c1-22(8-9-28-13-22)33-19-11-15(6-7-18(19)23(25,26)27)29-35(30,31)20-12-17(21(24)34-20)14-4-3-5-16(10-14)32-2/h3-7,10-12,28-29H,8-9,13H2,1-2H3/t22-/m1/s1. The number of sulfonamides is 1. The third-order valence-electron chi connectivity index (χ3n) is 5.53. The number of alkyl halides is 3. The minimum absolute atomic E-state index is 0.0602. The molecule has 1 aliphatic rings. The number of methoxy groups -OCH3 is 1. The summed E-state index contributed by atoms with van der Waals surface area (Å²) in [7, 11) is -2.63. The van der Waals surface area contributed by atoms with Crippen molar-refractivity contribution in [3.8, 4) is 22.6 Å². The van der Waals surface area contributed by atoms with E-state index in [9.17, 15) is 21.6 Å². The first-order chi connectivity index (χ1) is 16.4. The van der Waals surface area contributed by atoms with Crippen molar-refractivity contribution >= 4 is 38.6 Å². The summed E-state index contributed by atoms with van der Waals surface area (Å²) in [6.45, 7) is 2.69. The van der Waals surface area contributed by atoms with Crippen LogP contribution in [0.3, 0.4) is 0 Å². The van der Waals surface area contributed by atoms with Gasteiger partial charge in [-0.3, -0.25) is 4.72 Å². The number of hydrogen-bond acceptors (Lipinski definition) is 6. The molecule has 12 heteroatoms. The van der Waals surface area contributed by atoms with E-state index in [2.05, 4.69) is 10.0 Å². The van der Waals surface area contributed by atoms with Crippen LogP contribution >= 0.6 is 22.9 Å². The molecule has 0 radical (unpaired) electrons. The summed E-state index contributed by atoms with van der Waals surface area (Å²) in [5.41, 5.74) is -0.725. The summed E-state index contributed by atoms with van der Waals surface area (Å²) in [5, 5.41) is 3.06. The summed E-state index contributed by atoms with van der Waals surface area (Å²) < 4.78 is 80.3. The third kappa shape index (κ3) is 5.69. The van der Waals surface area contributed by atoms with Crippen LogP contribution < -0.4 is 19.5 Å². The van der Waals surface area contributed by atoms with Gasteiger partial charge < -0.3 is 14.8 Å². The van der Waals surface area contributed by atoms with E-state index in [1.165, 1.54) is 13.2 Å². The van der Waals surface area contributed by atoms with Gasteiger partial charge in [0.15, 0.2) is 0 Å². The maximum Gasteiger partial charge on any atom is 0.419 e. The second-order valence-electron chi connectivity index (χ2n) is 8.28. The minimum Gasteiger partial charge on any atom is -0.497 e. The Labute approximate surface area is 210 Å². The average molecular weight is 547 g/mol. The number of ether oxygens (including phenoxy) is 2. The second kappa shape index (κ2) is 9.53. The Morgan fingerprint density at radius 3 is 2.60 bits per heavy atom. The van der Waals surface area contributed by atoms with E-state index in [0.717, 1.165) is 29.5 Å². The number of thiophene rings is 1. The van der Waals surface area contributed by atoms with Gasteiger partial charge >= 0.3 is 6.18 Å². The molecule has 0 bridgehead atoms. The Kier molecular flexibility index (Phi) is 6.98. The summed E-state index contributed by atoms with van der Waals surface area (Å²) in [4.78, 5) is 0. The van der Waals surface area contributed by atoms with Crippen molar-refractivity contribution in [3.05, 3.63) is 58.4 Å². The van der Waals surface area contributed by atoms with E-state index in [0.29, 0.717) is 36.4 Å². The monoisotopic (exact) mass is 546 g/mol. The van der Waals surface area contributed by atoms with Crippen LogP contribution in [-0.2, 0) is 16.2 Å². The molecule has 0 spiro atoms. The molecule has 1 aliphatic heterocycles. The number of anilines is 1. The molecule has 0 saturated carbocycles. The van der Waals surface area contributed by atoms with E-state index in [-0.39, 0.29) is 14.2 Å². The maximum absolute atomic E-state index is 13.6. The second-order valence-corrected chi connectivity index (χ2v) is 11.8. The van der Waals surface area contributed by atoms with Gasteiger partial charge in [0.2, 0.25) is 0 Å². The molecule has 0 unspecified atom stereocenters. The number of benzene rings is 2. The molecule has 35 heavy (non-hydrogen) atoms. The molecule has 1 saturated heterocycles. The van der Waals surface area contributed by atoms with Crippen molar-refractivity contribution in [2.24, 2.45) is 0 Å². The Bertz CT molecular complexity index is 1340. The highest BCUT2D eigenvalue weighted by Crippen LogP contribution is 2.42. The predicted molar refractivity (Wildman–Crippen MR) is 130 cm³/mol. The largest absolute Gasteiger partial charge is 0.497 e. The van der Waals surface area contributed by atoms with Crippen molar-refractivity contribution in [2.45, 2.75) is 29.3 Å². The lowest BCUT2D eigenvalue weighted by Crippen LogP contribution is -2.35. The highest BCUT2D eigenvalue weighted by molar-refractivity contribution is 7.94. The van der Waals surface area contributed by atoms with Crippen molar-refractivity contribution < 1.29 is 31.1 Å². The van der Waals surface area contributed by atoms with Crippen LogP contribution in [0.1, 0.15) is 18.9 Å². The Morgan fingerprint density at radius 2 is 1.94 bits per heavy atom. The lowest BCUT2D eigenvalue weighted by atomic mass is 10.1. The first kappa shape index (κ1) is 25.6. The van der Waals surface area contributed by atoms with Crippen LogP contribution in [0.2, 0.25) is 4.34 Å². The topological polar surface area (TPSA) is 76.7 Å². The fraction of sp³-hybridized carbons (Fsp3) is 0.304. The van der Waals surface area contributed by atoms with Crippen LogP contribution in [0.4, 0.5) is 18.9 Å². The van der Waals surface area contributed by atoms with Crippen LogP contribution in [0.5, 0.6) is 11.5 Å². The number of halogens is 4. The van der Waals surface area contributed by atoms with E-state index >= 15 is 0 Å². The zero-order valence-corrected chi connectivity index (χ0v) is 21.1. The van der Waals surface area contributed by atoms with Gasteiger partial charge in [-0.05, 0) is 49.4 Å². The molecule has 0 aliphatic carbocycles. The number of hydrogen-bond donors (Lipinski definition) is 2. The maximum atomic E-state index is 13.6. The molecule has 2 N–H and O–H groups in total. The molecule has 4 rings (SSSR count). The van der Waals surface area contributed by atoms with Crippen molar-refractivity contribution in [1.29, 1.82) is 0 Å². The molecule has 3 aromatic rings. The van der Waals surface area contributed by atoms with E-state index in [4.69, 9.17) is 21.1 Å². The van der Waals surface area contributed by atoms with Gasteiger partial charge in [-0.25, -0.2) is 8.42 Å². The first-order valence-electron chi connectivity index (χ1n) is 10.5. The summed E-state index contributed by atoms with van der Waals surface area (Å²) >= 11 is 7.17. The Balaban J connectivity index is 1.65. The van der Waals surface area contributed by atoms with Gasteiger partial charge in [0.05, 0.1) is 18.4 Å². The molecule has 188 valence electrons. The molecule has 6 nitrogen and oxygen atoms in total. The van der Waals surface area contributed by atoms with Crippen LogP contribution in [0, 0.1) is 0 Å². The van der Waals surface area contributed by atoms with Crippen molar-refractivity contribution in [2.75, 3.05) is 24.9 Å². The summed E-state index contributed by atoms with van der Waals surface area (Å²) in [6.07, 6.45) is -4.15. The number of rotatable bonds is 7. The molecular weight excluding hydrogens is 525 g/mol. The van der Waals surface area contributed by atoms with Gasteiger partial charge in [0.25, 0.3) is 10.0 Å². The lowest BCUT2D eigenvalue weighted by Gasteiger charge is -2.27. The normalized spacial score (nSPS) is 18.5. The van der Waals surface area contributed by atoms with Crippen molar-refractivity contribution in [3.63, 3.8) is 0 Å². The molecule has 1 aromatic heterocycles. The predicted octanol–water partition coefficient (Wildman–Crippen LogP) is 6.03. The van der Waals surface area contributed by atoms with Gasteiger partial charge in [-0.2, -0.15) is 13.2 Å². The smallest absolute Gasteiger partial charge is 0.419 e. The van der Waals surface area contributed by atoms with E-state index in [1.54, 1.807) is 31.2 Å². The quantitative estimate of drug-likeness (QED) is 0.378. The molecular formula is C23H22ClF3N2O4S2. The van der Waals surface area contributed by atoms with E-state index in [1.807, 2.05) is 0 Å². The van der Waals surface area contributed by atoms with Gasteiger partial charge in [-0.1, -0.05) is 23.7 Å². The van der Waals surface area contributed by atoms with Crippen LogP contribution in [-0.4, -0.2) is 34.2 Å². The molecule has 2 heterocycles. The Morgan fingerprint density at radius 1 is 1.17 bits per heavy atom. The number of nitrogens with one attached hydrogen (secondary N) is 2. The fourth-order valence-corrected chi connectivity index (χ4v) is 6.54. The molecule has 1 atom stereocenters. The lowest BCUT2D eigenvalue weighted by molar-refractivity contribution is -0.139. The third-order valence-corrected chi connectivity index (χ3v) is 8.75. The fourth-order valence-electron chi connectivity index (χ4n) is 3.72. The van der Waals surface area contributed by atoms with Crippen molar-refractivity contribution in [1.82, 2.24) is 5.32 Å². The zero-order valence-electron chi connectivity index (χ0n) is 18.7. The highest BCUT2D eigenvalue weighted by atomic mass is 35.5. The molecule has 2 aromatic carbocycles. The average Bonchev–Trinajstić information content (AvgIpc) is 3.39. The first-order valence-corrected chi connectivity index (χ1v) is 13.2. The highest BCUT2D eigenvalue weighted by Gasteiger charge is 2.38. The molecule has 0 amide bonds. The molecule has 1 fully saturated rings. The SMILES string of the molecule is COc1cccc(-c2cc(S(=O)(=O)Nc3ccc(C(F)(F)F)c(O[C@]4(C)CCNC4)c3)sc2Cl)c1. The summed E-state index contributed by atoms with van der Waals surface area (Å²) in [5.74, 6) is 0.140. The van der Waals surface area contributed by atoms with Gasteiger partial charge in [0, 0.05) is 24.6 Å². The Hall–Kier alpha value is -2.47. The summed E-state index contributed by atoms with van der Waals surface area (Å²) in [6, 6.07) is 11.3.